The minimum absolute atomic E-state index is 0.680. The van der Waals surface area contributed by atoms with Gasteiger partial charge in [-0.05, 0) is 43.4 Å². The Bertz CT molecular complexity index is 664. The van der Waals surface area contributed by atoms with E-state index in [-0.39, 0.29) is 0 Å². The van der Waals surface area contributed by atoms with Crippen LogP contribution in [0.4, 0.5) is 0 Å². The van der Waals surface area contributed by atoms with Crippen molar-refractivity contribution in [1.29, 1.82) is 0 Å². The Balaban J connectivity index is 1.78. The first-order chi connectivity index (χ1) is 10.2. The highest BCUT2D eigenvalue weighted by Gasteiger charge is 2.29. The molecule has 0 bridgehead atoms. The Morgan fingerprint density at radius 2 is 2.38 bits per heavy atom. The molecule has 2 heterocycles. The molecule has 0 atom stereocenters. The molecule has 4 nitrogen and oxygen atoms in total. The van der Waals surface area contributed by atoms with Crippen LogP contribution in [0.5, 0.6) is 0 Å². The standard InChI is InChI=1S/C15H20N4S2/c1-3-8-18-12(2)16-19(15(18)20)11-17(13-6-7-13)10-14-5-4-9-21-14/h3-5,9,13H,1,6-8,10-11H2,2H3. The predicted molar refractivity (Wildman–Crippen MR) is 88.9 cm³/mol. The molecule has 2 aromatic heterocycles. The number of aryl methyl sites for hydroxylation is 1. The molecule has 0 radical (unpaired) electrons. The largest absolute Gasteiger partial charge is 0.300 e. The van der Waals surface area contributed by atoms with Crippen molar-refractivity contribution in [3.8, 4) is 0 Å². The summed E-state index contributed by atoms with van der Waals surface area (Å²) in [6, 6.07) is 4.99. The van der Waals surface area contributed by atoms with Gasteiger partial charge in [0.2, 0.25) is 0 Å². The summed E-state index contributed by atoms with van der Waals surface area (Å²) in [7, 11) is 0. The van der Waals surface area contributed by atoms with E-state index in [1.807, 2.05) is 33.6 Å². The van der Waals surface area contributed by atoms with Crippen LogP contribution in [0.2, 0.25) is 0 Å². The number of hydrogen-bond donors (Lipinski definition) is 0. The van der Waals surface area contributed by atoms with Gasteiger partial charge in [0.25, 0.3) is 0 Å². The Hall–Kier alpha value is -1.24. The molecule has 0 unspecified atom stereocenters. The Labute approximate surface area is 134 Å². The molecule has 6 heteroatoms. The summed E-state index contributed by atoms with van der Waals surface area (Å²) in [5.74, 6) is 0.951. The zero-order valence-corrected chi connectivity index (χ0v) is 13.9. The molecule has 2 aromatic rings. The van der Waals surface area contributed by atoms with Crippen LogP contribution in [0.25, 0.3) is 0 Å². The summed E-state index contributed by atoms with van der Waals surface area (Å²) in [5.41, 5.74) is 0. The third-order valence-corrected chi connectivity index (χ3v) is 5.03. The SMILES string of the molecule is C=CCn1c(C)nn(CN(Cc2cccs2)C2CC2)c1=S. The summed E-state index contributed by atoms with van der Waals surface area (Å²) >= 11 is 7.35. The molecular formula is C15H20N4S2. The minimum Gasteiger partial charge on any atom is -0.300 e. The van der Waals surface area contributed by atoms with E-state index in [1.165, 1.54) is 17.7 Å². The molecule has 1 fully saturated rings. The van der Waals surface area contributed by atoms with Gasteiger partial charge >= 0.3 is 0 Å². The lowest BCUT2D eigenvalue weighted by Gasteiger charge is -2.20. The lowest BCUT2D eigenvalue weighted by Crippen LogP contribution is -2.28. The van der Waals surface area contributed by atoms with E-state index >= 15 is 0 Å². The predicted octanol–water partition coefficient (Wildman–Crippen LogP) is 3.59. The van der Waals surface area contributed by atoms with Crippen LogP contribution in [0.15, 0.2) is 30.2 Å². The summed E-state index contributed by atoms with van der Waals surface area (Å²) in [4.78, 5) is 3.88. The Kier molecular flexibility index (Phi) is 4.37. The monoisotopic (exact) mass is 320 g/mol. The summed E-state index contributed by atoms with van der Waals surface area (Å²) in [6.07, 6.45) is 4.43. The molecule has 0 aliphatic heterocycles. The van der Waals surface area contributed by atoms with E-state index in [9.17, 15) is 0 Å². The highest BCUT2D eigenvalue weighted by molar-refractivity contribution is 7.71. The van der Waals surface area contributed by atoms with E-state index < -0.39 is 0 Å². The third kappa shape index (κ3) is 3.33. The normalized spacial score (nSPS) is 14.8. The van der Waals surface area contributed by atoms with E-state index in [4.69, 9.17) is 12.2 Å². The van der Waals surface area contributed by atoms with E-state index in [2.05, 4.69) is 34.1 Å². The zero-order chi connectivity index (χ0) is 14.8. The molecule has 0 amide bonds. The fraction of sp³-hybridized carbons (Fsp3) is 0.467. The van der Waals surface area contributed by atoms with Gasteiger partial charge in [0.05, 0.1) is 6.67 Å². The lowest BCUT2D eigenvalue weighted by atomic mass is 10.4. The van der Waals surface area contributed by atoms with Gasteiger partial charge in [0.1, 0.15) is 5.82 Å². The topological polar surface area (TPSA) is 26.0 Å². The van der Waals surface area contributed by atoms with Crippen LogP contribution in [-0.4, -0.2) is 25.3 Å². The van der Waals surface area contributed by atoms with Crippen molar-refractivity contribution < 1.29 is 0 Å². The summed E-state index contributed by atoms with van der Waals surface area (Å²) in [6.45, 7) is 8.25. The van der Waals surface area contributed by atoms with E-state index in [0.717, 1.165) is 30.4 Å². The first-order valence-electron chi connectivity index (χ1n) is 7.20. The number of aromatic nitrogens is 3. The van der Waals surface area contributed by atoms with Crippen molar-refractivity contribution in [3.63, 3.8) is 0 Å². The average molecular weight is 320 g/mol. The molecular weight excluding hydrogens is 300 g/mol. The van der Waals surface area contributed by atoms with Gasteiger partial charge in [-0.2, -0.15) is 5.10 Å². The van der Waals surface area contributed by atoms with Gasteiger partial charge in [-0.1, -0.05) is 12.1 Å². The highest BCUT2D eigenvalue weighted by Crippen LogP contribution is 2.29. The molecule has 0 N–H and O–H groups in total. The smallest absolute Gasteiger partial charge is 0.199 e. The fourth-order valence-electron chi connectivity index (χ4n) is 2.49. The van der Waals surface area contributed by atoms with Crippen molar-refractivity contribution in [3.05, 3.63) is 45.6 Å². The second-order valence-electron chi connectivity index (χ2n) is 5.43. The molecule has 21 heavy (non-hydrogen) atoms. The second kappa shape index (κ2) is 6.25. The molecule has 1 aliphatic rings. The van der Waals surface area contributed by atoms with Gasteiger partial charge in [-0.15, -0.1) is 17.9 Å². The second-order valence-corrected chi connectivity index (χ2v) is 6.82. The Morgan fingerprint density at radius 1 is 1.57 bits per heavy atom. The molecule has 0 aromatic carbocycles. The van der Waals surface area contributed by atoms with Gasteiger partial charge in [0.15, 0.2) is 4.77 Å². The number of allylic oxidation sites excluding steroid dienone is 1. The minimum atomic E-state index is 0.680. The van der Waals surface area contributed by atoms with Gasteiger partial charge in [-0.3, -0.25) is 4.90 Å². The first kappa shape index (κ1) is 14.7. The molecule has 0 saturated heterocycles. The molecule has 3 rings (SSSR count). The van der Waals surface area contributed by atoms with Crippen molar-refractivity contribution >= 4 is 23.6 Å². The van der Waals surface area contributed by atoms with Crippen LogP contribution >= 0.6 is 23.6 Å². The molecule has 0 spiro atoms. The van der Waals surface area contributed by atoms with Crippen molar-refractivity contribution in [1.82, 2.24) is 19.2 Å². The van der Waals surface area contributed by atoms with Gasteiger partial charge in [0, 0.05) is 24.0 Å². The number of thiophene rings is 1. The highest BCUT2D eigenvalue weighted by atomic mass is 32.1. The van der Waals surface area contributed by atoms with Gasteiger partial charge < -0.3 is 4.57 Å². The maximum Gasteiger partial charge on any atom is 0.199 e. The summed E-state index contributed by atoms with van der Waals surface area (Å²) in [5, 5.41) is 6.73. The van der Waals surface area contributed by atoms with Crippen molar-refractivity contribution in [2.75, 3.05) is 0 Å². The van der Waals surface area contributed by atoms with Crippen LogP contribution < -0.4 is 0 Å². The molecule has 112 valence electrons. The Morgan fingerprint density at radius 3 is 3.00 bits per heavy atom. The first-order valence-corrected chi connectivity index (χ1v) is 8.49. The van der Waals surface area contributed by atoms with E-state index in [0.29, 0.717) is 6.04 Å². The van der Waals surface area contributed by atoms with Crippen molar-refractivity contribution in [2.45, 2.75) is 45.6 Å². The summed E-state index contributed by atoms with van der Waals surface area (Å²) < 4.78 is 4.75. The maximum absolute atomic E-state index is 5.54. The quantitative estimate of drug-likeness (QED) is 0.576. The fourth-order valence-corrected chi connectivity index (χ4v) is 3.52. The van der Waals surface area contributed by atoms with Crippen LogP contribution in [0, 0.1) is 11.7 Å². The number of rotatable bonds is 7. The average Bonchev–Trinajstić information content (AvgIpc) is 3.13. The van der Waals surface area contributed by atoms with Crippen LogP contribution in [-0.2, 0) is 19.8 Å². The van der Waals surface area contributed by atoms with Crippen LogP contribution in [0.3, 0.4) is 0 Å². The molecule has 1 saturated carbocycles. The number of nitrogens with zero attached hydrogens (tertiary/aromatic N) is 4. The van der Waals surface area contributed by atoms with Gasteiger partial charge in [-0.25, -0.2) is 4.68 Å². The molecule has 1 aliphatic carbocycles. The van der Waals surface area contributed by atoms with E-state index in [1.54, 1.807) is 0 Å². The maximum atomic E-state index is 5.54. The number of hydrogen-bond acceptors (Lipinski definition) is 4. The lowest BCUT2D eigenvalue weighted by molar-refractivity contribution is 0.188. The van der Waals surface area contributed by atoms with Crippen LogP contribution in [0.1, 0.15) is 23.5 Å². The zero-order valence-electron chi connectivity index (χ0n) is 12.2. The third-order valence-electron chi connectivity index (χ3n) is 3.74. The van der Waals surface area contributed by atoms with Crippen molar-refractivity contribution in [2.24, 2.45) is 0 Å².